The van der Waals surface area contributed by atoms with Crippen molar-refractivity contribution in [3.8, 4) is 0 Å². The van der Waals surface area contributed by atoms with Crippen LogP contribution in [0.1, 0.15) is 81.1 Å². The lowest BCUT2D eigenvalue weighted by molar-refractivity contribution is -0.161. The number of Topliss-reactive ketones (excluding diaryl/α,β-unsaturated/α-hetero) is 1. The van der Waals surface area contributed by atoms with Crippen molar-refractivity contribution in [1.29, 1.82) is 0 Å². The first-order chi connectivity index (χ1) is 21.6. The highest BCUT2D eigenvalue weighted by Gasteiger charge is 2.47. The SMILES string of the molecule is CCC(O)C(C)C1OC1CC(C)(O)/C=C/C=C(\C)C1OC(=O)C(=O)C(O)CCC(C)C(C(=O)N2CCN(C(C)C)CC2)/C=C/C1C. The summed E-state index contributed by atoms with van der Waals surface area (Å²) in [4.78, 5) is 43.6. The first-order valence-electron chi connectivity index (χ1n) is 17.1. The molecular weight excluding hydrogens is 588 g/mol. The standard InChI is InChI=1S/C36H58N2O8/c1-9-28(39)26(7)33-30(45-33)21-36(8,44)16-10-11-24(5)32-25(6)12-14-27(23(4)13-15-29(40)31(41)35(43)46-32)34(42)38-19-17-37(18-20-38)22(2)3/h10-12,14,16,22-23,25-30,32-33,39-40,44H,9,13,15,17-21H2,1-8H3/b14-12+,16-10+,24-11+. The second-order valence-corrected chi connectivity index (χ2v) is 14.3. The number of carbonyl (C=O) groups excluding carboxylic acids is 3. The lowest BCUT2D eigenvalue weighted by atomic mass is 9.85. The molecule has 3 rings (SSSR count). The molecule has 0 radical (unpaired) electrons. The topological polar surface area (TPSA) is 140 Å². The monoisotopic (exact) mass is 646 g/mol. The number of piperazine rings is 1. The van der Waals surface area contributed by atoms with Crippen LogP contribution in [0.5, 0.6) is 0 Å². The summed E-state index contributed by atoms with van der Waals surface area (Å²) in [5, 5.41) is 31.7. The van der Waals surface area contributed by atoms with Gasteiger partial charge in [-0.1, -0.05) is 58.1 Å². The number of nitrogens with zero attached hydrogens (tertiary/aromatic N) is 2. The maximum absolute atomic E-state index is 13.8. The average Bonchev–Trinajstić information content (AvgIpc) is 3.78. The number of amides is 1. The Balaban J connectivity index is 1.77. The third-order valence-corrected chi connectivity index (χ3v) is 10.0. The number of esters is 1. The number of hydrogen-bond donors (Lipinski definition) is 3. The molecule has 0 aromatic carbocycles. The molecule has 0 aromatic heterocycles. The van der Waals surface area contributed by atoms with Gasteiger partial charge in [0.05, 0.1) is 29.8 Å². The molecule has 0 bridgehead atoms. The molecule has 10 nitrogen and oxygen atoms in total. The highest BCUT2D eigenvalue weighted by Crippen LogP contribution is 2.37. The van der Waals surface area contributed by atoms with Gasteiger partial charge in [0.1, 0.15) is 12.2 Å². The van der Waals surface area contributed by atoms with Crippen LogP contribution in [-0.2, 0) is 23.9 Å². The van der Waals surface area contributed by atoms with Crippen molar-refractivity contribution in [3.63, 3.8) is 0 Å². The highest BCUT2D eigenvalue weighted by molar-refractivity contribution is 6.35. The molecule has 0 spiro atoms. The van der Waals surface area contributed by atoms with Crippen molar-refractivity contribution in [2.24, 2.45) is 23.7 Å². The molecule has 10 heteroatoms. The van der Waals surface area contributed by atoms with Gasteiger partial charge < -0.3 is 29.7 Å². The summed E-state index contributed by atoms with van der Waals surface area (Å²) >= 11 is 0. The molecule has 46 heavy (non-hydrogen) atoms. The first-order valence-corrected chi connectivity index (χ1v) is 17.1. The zero-order valence-electron chi connectivity index (χ0n) is 29.1. The summed E-state index contributed by atoms with van der Waals surface area (Å²) in [6.45, 7) is 18.4. The van der Waals surface area contributed by atoms with E-state index in [0.29, 0.717) is 44.0 Å². The second-order valence-electron chi connectivity index (χ2n) is 14.3. The number of ketones is 1. The molecule has 2 saturated heterocycles. The van der Waals surface area contributed by atoms with Gasteiger partial charge in [-0.05, 0) is 58.4 Å². The molecule has 3 N–H and O–H groups in total. The van der Waals surface area contributed by atoms with Gasteiger partial charge in [0.25, 0.3) is 5.78 Å². The molecule has 0 saturated carbocycles. The number of epoxide rings is 1. The van der Waals surface area contributed by atoms with Crippen LogP contribution < -0.4 is 0 Å². The number of allylic oxidation sites excluding steroid dienone is 2. The fraction of sp³-hybridized carbons (Fsp3) is 0.750. The third kappa shape index (κ3) is 10.3. The van der Waals surface area contributed by atoms with E-state index in [4.69, 9.17) is 9.47 Å². The number of aliphatic hydroxyl groups is 3. The molecular formula is C36H58N2O8. The number of hydrogen-bond acceptors (Lipinski definition) is 9. The summed E-state index contributed by atoms with van der Waals surface area (Å²) in [6.07, 6.45) is 7.31. The van der Waals surface area contributed by atoms with E-state index < -0.39 is 41.6 Å². The minimum atomic E-state index is -1.51. The smallest absolute Gasteiger partial charge is 0.378 e. The minimum absolute atomic E-state index is 0.0172. The van der Waals surface area contributed by atoms with E-state index in [0.717, 1.165) is 13.1 Å². The summed E-state index contributed by atoms with van der Waals surface area (Å²) in [5.41, 5.74) is -0.537. The number of cyclic esters (lactones) is 1. The predicted octanol–water partition coefficient (Wildman–Crippen LogP) is 3.44. The van der Waals surface area contributed by atoms with Gasteiger partial charge >= 0.3 is 5.97 Å². The zero-order valence-corrected chi connectivity index (χ0v) is 29.1. The molecule has 260 valence electrons. The van der Waals surface area contributed by atoms with Gasteiger partial charge in [0, 0.05) is 50.5 Å². The molecule has 1 amide bonds. The van der Waals surface area contributed by atoms with Crippen LogP contribution in [0.25, 0.3) is 0 Å². The Morgan fingerprint density at radius 1 is 1.11 bits per heavy atom. The third-order valence-electron chi connectivity index (χ3n) is 10.0. The van der Waals surface area contributed by atoms with Crippen LogP contribution in [0.4, 0.5) is 0 Å². The van der Waals surface area contributed by atoms with Crippen molar-refractivity contribution in [2.45, 2.75) is 123 Å². The van der Waals surface area contributed by atoms with Gasteiger partial charge in [-0.15, -0.1) is 0 Å². The zero-order chi connectivity index (χ0) is 34.3. The second kappa shape index (κ2) is 16.6. The normalized spacial score (nSPS) is 34.0. The Bertz CT molecular complexity index is 1140. The van der Waals surface area contributed by atoms with Gasteiger partial charge in [-0.2, -0.15) is 0 Å². The van der Waals surface area contributed by atoms with Crippen molar-refractivity contribution >= 4 is 17.7 Å². The highest BCUT2D eigenvalue weighted by atomic mass is 16.6. The van der Waals surface area contributed by atoms with E-state index in [1.807, 2.05) is 44.7 Å². The average molecular weight is 647 g/mol. The van der Waals surface area contributed by atoms with E-state index in [-0.39, 0.29) is 42.3 Å². The van der Waals surface area contributed by atoms with Crippen LogP contribution >= 0.6 is 0 Å². The van der Waals surface area contributed by atoms with E-state index in [2.05, 4.69) is 18.7 Å². The van der Waals surface area contributed by atoms with Gasteiger partial charge in [0.2, 0.25) is 5.91 Å². The Labute approximate surface area is 275 Å². The van der Waals surface area contributed by atoms with Crippen LogP contribution in [0.2, 0.25) is 0 Å². The van der Waals surface area contributed by atoms with Crippen LogP contribution in [-0.4, -0.2) is 111 Å². The van der Waals surface area contributed by atoms with E-state index in [1.54, 1.807) is 32.1 Å². The maximum Gasteiger partial charge on any atom is 0.378 e. The molecule has 3 aliphatic rings. The van der Waals surface area contributed by atoms with Crippen LogP contribution in [0.15, 0.2) is 36.0 Å². The van der Waals surface area contributed by atoms with Crippen LogP contribution in [0, 0.1) is 23.7 Å². The van der Waals surface area contributed by atoms with Gasteiger partial charge in [0.15, 0.2) is 0 Å². The van der Waals surface area contributed by atoms with Crippen molar-refractivity contribution in [2.75, 3.05) is 26.2 Å². The minimum Gasteiger partial charge on any atom is -0.451 e. The molecule has 0 aliphatic carbocycles. The van der Waals surface area contributed by atoms with Crippen molar-refractivity contribution < 1.29 is 39.2 Å². The van der Waals surface area contributed by atoms with Crippen molar-refractivity contribution in [1.82, 2.24) is 9.80 Å². The first kappa shape index (κ1) is 38.1. The van der Waals surface area contributed by atoms with Crippen molar-refractivity contribution in [3.05, 3.63) is 36.0 Å². The van der Waals surface area contributed by atoms with E-state index >= 15 is 0 Å². The summed E-state index contributed by atoms with van der Waals surface area (Å²) < 4.78 is 11.4. The number of carbonyl (C=O) groups is 3. The fourth-order valence-electron chi connectivity index (χ4n) is 6.59. The molecule has 10 atom stereocenters. The quantitative estimate of drug-likeness (QED) is 0.107. The Hall–Kier alpha value is -2.37. The predicted molar refractivity (Wildman–Crippen MR) is 177 cm³/mol. The number of ether oxygens (including phenoxy) is 2. The lowest BCUT2D eigenvalue weighted by Crippen LogP contribution is -2.52. The Kier molecular flexibility index (Phi) is 13.8. The molecule has 2 fully saturated rings. The van der Waals surface area contributed by atoms with Gasteiger partial charge in [-0.3, -0.25) is 14.5 Å². The van der Waals surface area contributed by atoms with E-state index in [1.165, 1.54) is 0 Å². The van der Waals surface area contributed by atoms with E-state index in [9.17, 15) is 29.7 Å². The summed E-state index contributed by atoms with van der Waals surface area (Å²) in [7, 11) is 0. The molecule has 10 unspecified atom stereocenters. The molecule has 3 aliphatic heterocycles. The summed E-state index contributed by atoms with van der Waals surface area (Å²) in [5.74, 6) is -3.05. The number of aliphatic hydroxyl groups excluding tert-OH is 2. The molecule has 0 aromatic rings. The Morgan fingerprint density at radius 3 is 2.37 bits per heavy atom. The maximum atomic E-state index is 13.8. The number of rotatable bonds is 10. The van der Waals surface area contributed by atoms with Gasteiger partial charge in [-0.25, -0.2) is 4.79 Å². The molecule has 3 heterocycles. The lowest BCUT2D eigenvalue weighted by Gasteiger charge is -2.39. The Morgan fingerprint density at radius 2 is 1.76 bits per heavy atom. The van der Waals surface area contributed by atoms with Crippen LogP contribution in [0.3, 0.4) is 0 Å². The largest absolute Gasteiger partial charge is 0.451 e. The fourth-order valence-corrected chi connectivity index (χ4v) is 6.59. The summed E-state index contributed by atoms with van der Waals surface area (Å²) in [6, 6.07) is 0.420.